The van der Waals surface area contributed by atoms with Crippen molar-refractivity contribution in [2.24, 2.45) is 0 Å². The van der Waals surface area contributed by atoms with Crippen LogP contribution in [0.15, 0.2) is 18.3 Å². The van der Waals surface area contributed by atoms with E-state index in [1.54, 1.807) is 11.1 Å². The number of hydrogen-bond acceptors (Lipinski definition) is 6. The summed E-state index contributed by atoms with van der Waals surface area (Å²) in [7, 11) is 0. The lowest BCUT2D eigenvalue weighted by Gasteiger charge is -2.16. The summed E-state index contributed by atoms with van der Waals surface area (Å²) in [4.78, 5) is 31.6. The summed E-state index contributed by atoms with van der Waals surface area (Å²) in [5, 5.41) is 0.875. The quantitative estimate of drug-likeness (QED) is 0.753. The van der Waals surface area contributed by atoms with E-state index in [-0.39, 0.29) is 18.1 Å². The minimum atomic E-state index is -0.640. The van der Waals surface area contributed by atoms with Gasteiger partial charge in [-0.05, 0) is 19.1 Å². The minimum Gasteiger partial charge on any atom is -0.425 e. The first kappa shape index (κ1) is 12.6. The molecule has 7 heteroatoms. The SMILES string of the molecule is Cc1sc2ncccc2c1C(=O)N1CC2OC(=O)OC2C1. The number of aryl methyl sites for hydroxylation is 1. The Morgan fingerprint density at radius 2 is 2.10 bits per heavy atom. The zero-order valence-electron chi connectivity index (χ0n) is 11.2. The first-order valence-electron chi connectivity index (χ1n) is 6.64. The molecule has 0 spiro atoms. The van der Waals surface area contributed by atoms with Gasteiger partial charge in [-0.15, -0.1) is 11.3 Å². The van der Waals surface area contributed by atoms with Crippen molar-refractivity contribution in [2.45, 2.75) is 19.1 Å². The average molecular weight is 304 g/mol. The number of rotatable bonds is 1. The summed E-state index contributed by atoms with van der Waals surface area (Å²) in [5.74, 6) is -0.0548. The molecule has 6 nitrogen and oxygen atoms in total. The highest BCUT2D eigenvalue weighted by molar-refractivity contribution is 7.19. The molecule has 0 bridgehead atoms. The van der Waals surface area contributed by atoms with Crippen LogP contribution in [0.4, 0.5) is 4.79 Å². The van der Waals surface area contributed by atoms with Crippen LogP contribution in [0.1, 0.15) is 15.2 Å². The normalized spacial score (nSPS) is 24.0. The Morgan fingerprint density at radius 1 is 1.38 bits per heavy atom. The van der Waals surface area contributed by atoms with Gasteiger partial charge in [0.1, 0.15) is 4.83 Å². The Labute approximate surface area is 124 Å². The van der Waals surface area contributed by atoms with Crippen molar-refractivity contribution in [1.82, 2.24) is 9.88 Å². The Hall–Kier alpha value is -2.15. The van der Waals surface area contributed by atoms with Crippen molar-refractivity contribution in [3.05, 3.63) is 28.8 Å². The molecule has 2 aliphatic rings. The standard InChI is InChI=1S/C14H12N2O4S/c1-7-11(8-3-2-4-15-12(8)21-7)13(17)16-5-9-10(6-16)20-14(18)19-9/h2-4,9-10H,5-6H2,1H3. The van der Waals surface area contributed by atoms with Gasteiger partial charge in [-0.2, -0.15) is 0 Å². The summed E-state index contributed by atoms with van der Waals surface area (Å²) >= 11 is 1.51. The number of fused-ring (bicyclic) bond motifs is 2. The highest BCUT2D eigenvalue weighted by Gasteiger charge is 2.46. The number of pyridine rings is 1. The number of carbonyl (C=O) groups excluding carboxylic acids is 2. The molecule has 2 aromatic rings. The molecule has 0 N–H and O–H groups in total. The molecule has 2 atom stereocenters. The molecule has 0 aliphatic carbocycles. The summed E-state index contributed by atoms with van der Waals surface area (Å²) in [6.07, 6.45) is 0.396. The van der Waals surface area contributed by atoms with Gasteiger partial charge in [0, 0.05) is 16.5 Å². The summed E-state index contributed by atoms with van der Waals surface area (Å²) in [5.41, 5.74) is 0.689. The van der Waals surface area contributed by atoms with Crippen molar-refractivity contribution in [1.29, 1.82) is 0 Å². The molecule has 1 amide bonds. The van der Waals surface area contributed by atoms with Gasteiger partial charge in [-0.25, -0.2) is 9.78 Å². The van der Waals surface area contributed by atoms with Crippen LogP contribution in [0.25, 0.3) is 10.2 Å². The number of thiophene rings is 1. The van der Waals surface area contributed by atoms with E-state index in [1.807, 2.05) is 19.1 Å². The highest BCUT2D eigenvalue weighted by atomic mass is 32.1. The van der Waals surface area contributed by atoms with E-state index in [1.165, 1.54) is 11.3 Å². The maximum Gasteiger partial charge on any atom is 0.509 e. The molecule has 2 unspecified atom stereocenters. The zero-order chi connectivity index (χ0) is 14.6. The molecular weight excluding hydrogens is 292 g/mol. The summed E-state index contributed by atoms with van der Waals surface area (Å²) < 4.78 is 10.1. The lowest BCUT2D eigenvalue weighted by molar-refractivity contribution is 0.0674. The smallest absolute Gasteiger partial charge is 0.425 e. The average Bonchev–Trinajstić information content (AvgIpc) is 3.07. The van der Waals surface area contributed by atoms with Crippen molar-refractivity contribution in [3.63, 3.8) is 0 Å². The fourth-order valence-electron chi connectivity index (χ4n) is 2.88. The van der Waals surface area contributed by atoms with E-state index in [4.69, 9.17) is 9.47 Å². The Balaban J connectivity index is 1.66. The van der Waals surface area contributed by atoms with Crippen LogP contribution < -0.4 is 0 Å². The number of carbonyl (C=O) groups is 2. The second-order valence-corrected chi connectivity index (χ2v) is 6.37. The van der Waals surface area contributed by atoms with Crippen LogP contribution in [-0.2, 0) is 9.47 Å². The van der Waals surface area contributed by atoms with Crippen molar-refractivity contribution < 1.29 is 19.1 Å². The number of amides is 1. The van der Waals surface area contributed by atoms with E-state index in [2.05, 4.69) is 4.98 Å². The van der Waals surface area contributed by atoms with Gasteiger partial charge in [0.05, 0.1) is 18.7 Å². The number of hydrogen-bond donors (Lipinski definition) is 0. The van der Waals surface area contributed by atoms with E-state index >= 15 is 0 Å². The lowest BCUT2D eigenvalue weighted by atomic mass is 10.1. The third kappa shape index (κ3) is 1.88. The molecule has 4 heterocycles. The summed E-state index contributed by atoms with van der Waals surface area (Å²) in [6, 6.07) is 3.74. The van der Waals surface area contributed by atoms with Crippen molar-refractivity contribution in [3.8, 4) is 0 Å². The molecule has 4 rings (SSSR count). The first-order valence-corrected chi connectivity index (χ1v) is 7.46. The molecule has 0 aromatic carbocycles. The van der Waals surface area contributed by atoms with E-state index in [0.717, 1.165) is 15.1 Å². The van der Waals surface area contributed by atoms with Crippen LogP contribution in [0.2, 0.25) is 0 Å². The Morgan fingerprint density at radius 3 is 2.81 bits per heavy atom. The molecule has 21 heavy (non-hydrogen) atoms. The Kier molecular flexibility index (Phi) is 2.65. The second kappa shape index (κ2) is 4.42. The maximum atomic E-state index is 12.8. The van der Waals surface area contributed by atoms with Gasteiger partial charge in [0.25, 0.3) is 5.91 Å². The zero-order valence-corrected chi connectivity index (χ0v) is 12.1. The van der Waals surface area contributed by atoms with Crippen LogP contribution in [0, 0.1) is 6.92 Å². The van der Waals surface area contributed by atoms with Crippen LogP contribution >= 0.6 is 11.3 Å². The van der Waals surface area contributed by atoms with Gasteiger partial charge >= 0.3 is 6.16 Å². The third-order valence-corrected chi connectivity index (χ3v) is 4.88. The second-order valence-electron chi connectivity index (χ2n) is 5.16. The predicted molar refractivity (Wildman–Crippen MR) is 75.4 cm³/mol. The molecule has 0 saturated carbocycles. The van der Waals surface area contributed by atoms with Crippen LogP contribution in [-0.4, -0.2) is 47.2 Å². The van der Waals surface area contributed by atoms with Crippen LogP contribution in [0.5, 0.6) is 0 Å². The lowest BCUT2D eigenvalue weighted by Crippen LogP contribution is -2.31. The van der Waals surface area contributed by atoms with Gasteiger partial charge in [0.15, 0.2) is 12.2 Å². The number of nitrogens with zero attached hydrogens (tertiary/aromatic N) is 2. The molecule has 2 fully saturated rings. The Bertz CT molecular complexity index is 741. The molecule has 108 valence electrons. The third-order valence-electron chi connectivity index (χ3n) is 3.85. The molecule has 0 radical (unpaired) electrons. The molecule has 2 aliphatic heterocycles. The van der Waals surface area contributed by atoms with Gasteiger partial charge in [0.2, 0.25) is 0 Å². The van der Waals surface area contributed by atoms with Gasteiger partial charge < -0.3 is 14.4 Å². The molecule has 2 aromatic heterocycles. The summed E-state index contributed by atoms with van der Waals surface area (Å²) in [6.45, 7) is 2.69. The van der Waals surface area contributed by atoms with Crippen molar-refractivity contribution in [2.75, 3.05) is 13.1 Å². The van der Waals surface area contributed by atoms with E-state index in [0.29, 0.717) is 18.7 Å². The van der Waals surface area contributed by atoms with E-state index < -0.39 is 6.16 Å². The maximum absolute atomic E-state index is 12.8. The van der Waals surface area contributed by atoms with Crippen molar-refractivity contribution >= 4 is 33.6 Å². The minimum absolute atomic E-state index is 0.0548. The number of likely N-dealkylation sites (tertiary alicyclic amines) is 1. The molecular formula is C14H12N2O4S. The fourth-order valence-corrected chi connectivity index (χ4v) is 3.87. The first-order chi connectivity index (χ1) is 10.1. The molecule has 2 saturated heterocycles. The monoisotopic (exact) mass is 304 g/mol. The highest BCUT2D eigenvalue weighted by Crippen LogP contribution is 2.32. The van der Waals surface area contributed by atoms with Crippen LogP contribution in [0.3, 0.4) is 0 Å². The largest absolute Gasteiger partial charge is 0.509 e. The van der Waals surface area contributed by atoms with E-state index in [9.17, 15) is 9.59 Å². The van der Waals surface area contributed by atoms with Gasteiger partial charge in [-0.1, -0.05) is 0 Å². The number of aromatic nitrogens is 1. The van der Waals surface area contributed by atoms with Gasteiger partial charge in [-0.3, -0.25) is 4.79 Å². The number of ether oxygens (including phenoxy) is 2. The fraction of sp³-hybridized carbons (Fsp3) is 0.357. The topological polar surface area (TPSA) is 68.7 Å². The predicted octanol–water partition coefficient (Wildman–Crippen LogP) is 1.96.